The van der Waals surface area contributed by atoms with E-state index in [1.54, 1.807) is 5.32 Å². The van der Waals surface area contributed by atoms with Crippen molar-refractivity contribution in [3.8, 4) is 0 Å². The van der Waals surface area contributed by atoms with E-state index in [4.69, 9.17) is 0 Å². The monoisotopic (exact) mass is 298 g/mol. The van der Waals surface area contributed by atoms with Crippen LogP contribution in [0.3, 0.4) is 0 Å². The quantitative estimate of drug-likeness (QED) is 0.363. The van der Waals surface area contributed by atoms with E-state index >= 15 is 0 Å². The van der Waals surface area contributed by atoms with E-state index in [-0.39, 0.29) is 19.7 Å². The van der Waals surface area contributed by atoms with E-state index in [1.807, 2.05) is 0 Å². The first-order chi connectivity index (χ1) is 9.40. The average molecular weight is 298 g/mol. The Morgan fingerprint density at radius 3 is 2.00 bits per heavy atom. The fraction of sp³-hybridized carbons (Fsp3) is 0.364. The summed E-state index contributed by atoms with van der Waals surface area (Å²) in [6, 6.07) is 0. The number of halogens is 5. The maximum Gasteiger partial charge on any atom is 0.238 e. The topological polar surface area (TPSA) is 50.4 Å². The molecule has 0 spiro atoms. The summed E-state index contributed by atoms with van der Waals surface area (Å²) in [5, 5.41) is 4.17. The number of nitrogens with one attached hydrogen (secondary N) is 2. The molecule has 0 aromatic heterocycles. The normalized spacial score (nSPS) is 10.7. The molecule has 112 valence electrons. The summed E-state index contributed by atoms with van der Waals surface area (Å²) in [5.74, 6) is -11.7. The number of rotatable bonds is 6. The highest BCUT2D eigenvalue weighted by atomic mass is 19.2. The lowest BCUT2D eigenvalue weighted by Crippen LogP contribution is -2.31. The highest BCUT2D eigenvalue weighted by Crippen LogP contribution is 2.26. The minimum absolute atomic E-state index is 0.279. The van der Waals surface area contributed by atoms with Crippen LogP contribution in [-0.2, 0) is 9.53 Å². The molecule has 0 aliphatic rings. The maximum atomic E-state index is 13.2. The van der Waals surface area contributed by atoms with Gasteiger partial charge in [0.15, 0.2) is 23.3 Å². The van der Waals surface area contributed by atoms with Gasteiger partial charge in [0.2, 0.25) is 11.7 Å². The lowest BCUT2D eigenvalue weighted by Gasteiger charge is -2.10. The Balaban J connectivity index is 2.80. The Morgan fingerprint density at radius 2 is 1.50 bits per heavy atom. The Kier molecular flexibility index (Phi) is 5.83. The van der Waals surface area contributed by atoms with E-state index in [1.165, 1.54) is 7.11 Å². The predicted molar refractivity (Wildman–Crippen MR) is 59.6 cm³/mol. The number of anilines is 1. The SMILES string of the molecule is COCCNCC(=O)Nc1c(F)c(F)c(F)c(F)c1F. The van der Waals surface area contributed by atoms with Gasteiger partial charge in [-0.3, -0.25) is 4.79 Å². The van der Waals surface area contributed by atoms with E-state index in [0.717, 1.165) is 0 Å². The molecule has 0 fully saturated rings. The average Bonchev–Trinajstić information content (AvgIpc) is 2.44. The molecule has 2 N–H and O–H groups in total. The van der Waals surface area contributed by atoms with E-state index in [9.17, 15) is 26.7 Å². The molecule has 1 aromatic rings. The van der Waals surface area contributed by atoms with Gasteiger partial charge in [-0.15, -0.1) is 0 Å². The molecule has 0 aliphatic heterocycles. The highest BCUT2D eigenvalue weighted by Gasteiger charge is 2.26. The second-order valence-electron chi connectivity index (χ2n) is 3.66. The minimum atomic E-state index is -2.28. The molecule has 1 amide bonds. The van der Waals surface area contributed by atoms with Gasteiger partial charge in [-0.2, -0.15) is 0 Å². The molecule has 9 heteroatoms. The number of hydrogen-bond donors (Lipinski definition) is 2. The third kappa shape index (κ3) is 3.64. The minimum Gasteiger partial charge on any atom is -0.383 e. The van der Waals surface area contributed by atoms with Gasteiger partial charge in [0, 0.05) is 13.7 Å². The molecule has 0 radical (unpaired) electrons. The first kappa shape index (κ1) is 16.3. The van der Waals surface area contributed by atoms with Crippen LogP contribution in [0.1, 0.15) is 0 Å². The summed E-state index contributed by atoms with van der Waals surface area (Å²) in [6.07, 6.45) is 0. The van der Waals surface area contributed by atoms with E-state index < -0.39 is 40.7 Å². The van der Waals surface area contributed by atoms with Gasteiger partial charge in [0.1, 0.15) is 5.69 Å². The van der Waals surface area contributed by atoms with Crippen LogP contribution in [0, 0.1) is 29.1 Å². The number of carbonyl (C=O) groups is 1. The van der Waals surface area contributed by atoms with Gasteiger partial charge < -0.3 is 15.4 Å². The summed E-state index contributed by atoms with van der Waals surface area (Å²) in [4.78, 5) is 11.3. The molecule has 1 aromatic carbocycles. The Hall–Kier alpha value is -1.74. The lowest BCUT2D eigenvalue weighted by molar-refractivity contribution is -0.115. The molecule has 0 bridgehead atoms. The van der Waals surface area contributed by atoms with Crippen molar-refractivity contribution in [1.82, 2.24) is 5.32 Å². The smallest absolute Gasteiger partial charge is 0.238 e. The number of methoxy groups -OCH3 is 1. The summed E-state index contributed by atoms with van der Waals surface area (Å²) in [7, 11) is 1.43. The lowest BCUT2D eigenvalue weighted by atomic mass is 10.2. The van der Waals surface area contributed by atoms with Crippen LogP contribution in [0.4, 0.5) is 27.6 Å². The van der Waals surface area contributed by atoms with Crippen LogP contribution in [-0.4, -0.2) is 32.7 Å². The summed E-state index contributed by atoms with van der Waals surface area (Å²) in [5.41, 5.74) is -1.38. The van der Waals surface area contributed by atoms with Gasteiger partial charge in [-0.25, -0.2) is 22.0 Å². The fourth-order valence-corrected chi connectivity index (χ4v) is 1.27. The van der Waals surface area contributed by atoms with Crippen molar-refractivity contribution in [2.45, 2.75) is 0 Å². The first-order valence-corrected chi connectivity index (χ1v) is 5.41. The van der Waals surface area contributed by atoms with Crippen molar-refractivity contribution < 1.29 is 31.5 Å². The summed E-state index contributed by atoms with van der Waals surface area (Å²) in [6.45, 7) is 0.194. The van der Waals surface area contributed by atoms with Gasteiger partial charge in [-0.1, -0.05) is 0 Å². The van der Waals surface area contributed by atoms with Gasteiger partial charge in [0.25, 0.3) is 0 Å². The van der Waals surface area contributed by atoms with E-state index in [0.29, 0.717) is 0 Å². The molecule has 20 heavy (non-hydrogen) atoms. The van der Waals surface area contributed by atoms with Crippen LogP contribution in [0.5, 0.6) is 0 Å². The largest absolute Gasteiger partial charge is 0.383 e. The zero-order chi connectivity index (χ0) is 15.3. The number of hydrogen-bond acceptors (Lipinski definition) is 3. The van der Waals surface area contributed by atoms with Crippen LogP contribution < -0.4 is 10.6 Å². The predicted octanol–water partition coefficient (Wildman–Crippen LogP) is 1.56. The third-order valence-corrected chi connectivity index (χ3v) is 2.24. The first-order valence-electron chi connectivity index (χ1n) is 5.41. The second-order valence-corrected chi connectivity index (χ2v) is 3.66. The maximum absolute atomic E-state index is 13.2. The molecule has 1 rings (SSSR count). The molecule has 0 unspecified atom stereocenters. The van der Waals surface area contributed by atoms with Gasteiger partial charge in [0.05, 0.1) is 13.2 Å². The number of benzene rings is 1. The summed E-state index contributed by atoms with van der Waals surface area (Å²) < 4.78 is 69.6. The Morgan fingerprint density at radius 1 is 1.00 bits per heavy atom. The fourth-order valence-electron chi connectivity index (χ4n) is 1.27. The zero-order valence-corrected chi connectivity index (χ0v) is 10.3. The molecule has 0 aliphatic carbocycles. The number of carbonyl (C=O) groups excluding carboxylic acids is 1. The van der Waals surface area contributed by atoms with Crippen molar-refractivity contribution in [2.24, 2.45) is 0 Å². The van der Waals surface area contributed by atoms with Gasteiger partial charge in [-0.05, 0) is 0 Å². The van der Waals surface area contributed by atoms with Crippen molar-refractivity contribution in [3.63, 3.8) is 0 Å². The van der Waals surface area contributed by atoms with Crippen molar-refractivity contribution in [3.05, 3.63) is 29.1 Å². The summed E-state index contributed by atoms with van der Waals surface area (Å²) >= 11 is 0. The van der Waals surface area contributed by atoms with Crippen LogP contribution in [0.15, 0.2) is 0 Å². The zero-order valence-electron chi connectivity index (χ0n) is 10.3. The Labute approximate surface area is 110 Å². The molecular formula is C11H11F5N2O2. The second kappa shape index (κ2) is 7.15. The van der Waals surface area contributed by atoms with Crippen molar-refractivity contribution in [1.29, 1.82) is 0 Å². The Bertz CT molecular complexity index is 481. The van der Waals surface area contributed by atoms with Crippen LogP contribution >= 0.6 is 0 Å². The van der Waals surface area contributed by atoms with Crippen LogP contribution in [0.2, 0.25) is 0 Å². The molecular weight excluding hydrogens is 287 g/mol. The molecule has 0 saturated carbocycles. The number of ether oxygens (including phenoxy) is 1. The molecule has 0 heterocycles. The third-order valence-electron chi connectivity index (χ3n) is 2.24. The van der Waals surface area contributed by atoms with E-state index in [2.05, 4.69) is 10.1 Å². The standard InChI is InChI=1S/C11H11F5N2O2/c1-20-3-2-17-4-5(19)18-11-9(15)7(13)6(12)8(14)10(11)16/h17H,2-4H2,1H3,(H,18,19). The molecule has 4 nitrogen and oxygen atoms in total. The van der Waals surface area contributed by atoms with Crippen LogP contribution in [0.25, 0.3) is 0 Å². The van der Waals surface area contributed by atoms with Crippen molar-refractivity contribution >= 4 is 11.6 Å². The van der Waals surface area contributed by atoms with Gasteiger partial charge >= 0.3 is 0 Å². The molecule has 0 atom stereocenters. The molecule has 0 saturated heterocycles. The number of amides is 1. The highest BCUT2D eigenvalue weighted by molar-refractivity contribution is 5.92. The van der Waals surface area contributed by atoms with Crippen molar-refractivity contribution in [2.75, 3.05) is 32.1 Å².